The molecule has 2 aromatic carbocycles. The van der Waals surface area contributed by atoms with Crippen LogP contribution in [0.25, 0.3) is 10.9 Å². The molecule has 0 bridgehead atoms. The summed E-state index contributed by atoms with van der Waals surface area (Å²) in [6.45, 7) is 0. The fourth-order valence-electron chi connectivity index (χ4n) is 1.96. The van der Waals surface area contributed by atoms with Crippen LogP contribution in [0, 0.1) is 0 Å². The van der Waals surface area contributed by atoms with E-state index in [9.17, 15) is 4.79 Å². The first-order valence-corrected chi connectivity index (χ1v) is 6.88. The number of rotatable bonds is 2. The van der Waals surface area contributed by atoms with Crippen molar-refractivity contribution in [3.8, 4) is 0 Å². The molecule has 0 fully saturated rings. The Labute approximate surface area is 131 Å². The molecular formula is C16H10ClN4O+. The molecule has 0 aliphatic heterocycles. The lowest BCUT2D eigenvalue weighted by Gasteiger charge is -1.97. The monoisotopic (exact) mass is 309 g/mol. The van der Waals surface area contributed by atoms with Crippen LogP contribution in [0.5, 0.6) is 0 Å². The maximum atomic E-state index is 11.8. The second kappa shape index (κ2) is 6.26. The Balaban J connectivity index is 1.96. The quantitative estimate of drug-likeness (QED) is 0.401. The molecule has 1 heterocycles. The van der Waals surface area contributed by atoms with E-state index < -0.39 is 5.91 Å². The molecule has 0 aliphatic rings. The van der Waals surface area contributed by atoms with E-state index in [0.29, 0.717) is 21.9 Å². The van der Waals surface area contributed by atoms with Crippen LogP contribution in [0.15, 0.2) is 70.9 Å². The van der Waals surface area contributed by atoms with Crippen LogP contribution >= 0.6 is 11.6 Å². The molecule has 0 saturated heterocycles. The number of benzene rings is 2. The van der Waals surface area contributed by atoms with E-state index in [1.807, 2.05) is 30.3 Å². The lowest BCUT2D eigenvalue weighted by Crippen LogP contribution is -1.93. The van der Waals surface area contributed by atoms with E-state index >= 15 is 0 Å². The van der Waals surface area contributed by atoms with Crippen molar-refractivity contribution in [2.24, 2.45) is 10.2 Å². The van der Waals surface area contributed by atoms with E-state index in [1.54, 1.807) is 30.3 Å². The van der Waals surface area contributed by atoms with Crippen LogP contribution in [0.3, 0.4) is 0 Å². The molecule has 1 aromatic heterocycles. The number of amides is 1. The molecule has 3 aromatic rings. The Morgan fingerprint density at radius 1 is 1.05 bits per heavy atom. The summed E-state index contributed by atoms with van der Waals surface area (Å²) in [5.41, 5.74) is 1.68. The fraction of sp³-hybridized carbons (Fsp3) is 0. The zero-order valence-corrected chi connectivity index (χ0v) is 12.1. The number of hydrogen-bond acceptors (Lipinski definition) is 3. The lowest BCUT2D eigenvalue weighted by atomic mass is 10.2. The van der Waals surface area contributed by atoms with Gasteiger partial charge in [-0.1, -0.05) is 48.0 Å². The minimum Gasteiger partial charge on any atom is -0.259 e. The SMILES string of the molecule is O=C(N=[N+]=Nc1cc(Cl)nc2ccccc12)c1ccccc1. The minimum absolute atomic E-state index is 0.307. The van der Waals surface area contributed by atoms with E-state index in [-0.39, 0.29) is 0 Å². The Morgan fingerprint density at radius 2 is 1.77 bits per heavy atom. The molecule has 0 spiro atoms. The van der Waals surface area contributed by atoms with Gasteiger partial charge in [0.1, 0.15) is 5.15 Å². The van der Waals surface area contributed by atoms with Gasteiger partial charge in [-0.05, 0) is 18.2 Å². The van der Waals surface area contributed by atoms with Crippen LogP contribution in [0.2, 0.25) is 5.15 Å². The third-order valence-corrected chi connectivity index (χ3v) is 3.17. The molecule has 0 unspecified atom stereocenters. The van der Waals surface area contributed by atoms with Crippen LogP contribution < -0.4 is 4.91 Å². The van der Waals surface area contributed by atoms with Gasteiger partial charge in [-0.15, -0.1) is 0 Å². The summed E-state index contributed by atoms with van der Waals surface area (Å²) in [5, 5.41) is 8.65. The Kier molecular flexibility index (Phi) is 4.01. The van der Waals surface area contributed by atoms with E-state index in [1.165, 1.54) is 0 Å². The molecule has 106 valence electrons. The molecule has 0 N–H and O–H groups in total. The summed E-state index contributed by atoms with van der Waals surface area (Å²) in [4.78, 5) is 19.6. The topological polar surface area (TPSA) is 68.8 Å². The van der Waals surface area contributed by atoms with Gasteiger partial charge in [0.2, 0.25) is 10.0 Å². The smallest absolute Gasteiger partial charge is 0.259 e. The summed E-state index contributed by atoms with van der Waals surface area (Å²) < 4.78 is 0. The zero-order valence-electron chi connectivity index (χ0n) is 11.3. The summed E-state index contributed by atoms with van der Waals surface area (Å²) in [7, 11) is 0. The van der Waals surface area contributed by atoms with Crippen molar-refractivity contribution >= 4 is 34.1 Å². The predicted molar refractivity (Wildman–Crippen MR) is 84.2 cm³/mol. The van der Waals surface area contributed by atoms with E-state index in [4.69, 9.17) is 11.6 Å². The molecule has 3 rings (SSSR count). The van der Waals surface area contributed by atoms with E-state index in [0.717, 1.165) is 5.39 Å². The molecule has 0 atom stereocenters. The number of carbonyl (C=O) groups is 1. The highest BCUT2D eigenvalue weighted by Gasteiger charge is 2.10. The van der Waals surface area contributed by atoms with Crippen molar-refractivity contribution in [2.45, 2.75) is 0 Å². The second-order valence-corrected chi connectivity index (χ2v) is 4.83. The van der Waals surface area contributed by atoms with Crippen molar-refractivity contribution in [1.82, 2.24) is 9.90 Å². The number of hydrogen-bond donors (Lipinski definition) is 0. The fourth-order valence-corrected chi connectivity index (χ4v) is 2.15. The van der Waals surface area contributed by atoms with Gasteiger partial charge in [0.15, 0.2) is 10.8 Å². The van der Waals surface area contributed by atoms with Crippen molar-refractivity contribution in [3.05, 3.63) is 71.4 Å². The number of halogens is 1. The Bertz CT molecular complexity index is 902. The van der Waals surface area contributed by atoms with Crippen molar-refractivity contribution in [1.29, 1.82) is 0 Å². The minimum atomic E-state index is -0.450. The number of carbonyl (C=O) groups excluding carboxylic acids is 1. The number of pyridine rings is 1. The van der Waals surface area contributed by atoms with Crippen molar-refractivity contribution in [3.63, 3.8) is 0 Å². The van der Waals surface area contributed by atoms with Crippen LogP contribution in [0.1, 0.15) is 10.4 Å². The highest BCUT2D eigenvalue weighted by atomic mass is 35.5. The maximum Gasteiger partial charge on any atom is 0.360 e. The average Bonchev–Trinajstić information content (AvgIpc) is 2.55. The Hall–Kier alpha value is -2.88. The third kappa shape index (κ3) is 3.06. The molecule has 6 heteroatoms. The highest BCUT2D eigenvalue weighted by molar-refractivity contribution is 6.30. The van der Waals surface area contributed by atoms with Gasteiger partial charge in [-0.2, -0.15) is 0 Å². The van der Waals surface area contributed by atoms with Gasteiger partial charge >= 0.3 is 5.91 Å². The normalized spacial score (nSPS) is 10.0. The Morgan fingerprint density at radius 3 is 2.59 bits per heavy atom. The van der Waals surface area contributed by atoms with Crippen LogP contribution in [-0.4, -0.2) is 10.9 Å². The summed E-state index contributed by atoms with van der Waals surface area (Å²) in [6, 6.07) is 17.7. The average molecular weight is 310 g/mol. The number of para-hydroxylation sites is 1. The zero-order chi connectivity index (χ0) is 15.4. The maximum absolute atomic E-state index is 11.8. The van der Waals surface area contributed by atoms with Crippen LogP contribution in [-0.2, 0) is 0 Å². The molecule has 0 aliphatic carbocycles. The van der Waals surface area contributed by atoms with Crippen LogP contribution in [0.4, 0.5) is 5.69 Å². The second-order valence-electron chi connectivity index (χ2n) is 4.44. The number of aromatic nitrogens is 1. The summed E-state index contributed by atoms with van der Waals surface area (Å²) in [6.07, 6.45) is 0. The van der Waals surface area contributed by atoms with E-state index in [2.05, 4.69) is 20.1 Å². The summed E-state index contributed by atoms with van der Waals surface area (Å²) >= 11 is 5.95. The number of fused-ring (bicyclic) bond motifs is 1. The predicted octanol–water partition coefficient (Wildman–Crippen LogP) is 4.33. The largest absolute Gasteiger partial charge is 0.360 e. The highest BCUT2D eigenvalue weighted by Crippen LogP contribution is 2.26. The van der Waals surface area contributed by atoms with Gasteiger partial charge in [0, 0.05) is 17.0 Å². The molecule has 0 saturated carbocycles. The first-order chi connectivity index (χ1) is 10.7. The first-order valence-electron chi connectivity index (χ1n) is 6.50. The van der Waals surface area contributed by atoms with Crippen molar-refractivity contribution < 1.29 is 4.79 Å². The van der Waals surface area contributed by atoms with Crippen molar-refractivity contribution in [2.75, 3.05) is 0 Å². The first kappa shape index (κ1) is 14.1. The summed E-state index contributed by atoms with van der Waals surface area (Å²) in [5.74, 6) is -0.450. The lowest BCUT2D eigenvalue weighted by molar-refractivity contribution is 0.0992. The van der Waals surface area contributed by atoms with Gasteiger partial charge < -0.3 is 0 Å². The number of nitrogens with zero attached hydrogens (tertiary/aromatic N) is 4. The molecule has 1 amide bonds. The van der Waals surface area contributed by atoms with Gasteiger partial charge in [0.05, 0.1) is 5.52 Å². The standard InChI is InChI=1S/C16H10ClN4O/c17-15-10-14(12-8-4-5-9-13(12)18-15)19-21-20-16(22)11-6-2-1-3-7-11/h1-10H/q+1. The van der Waals surface area contributed by atoms with Gasteiger partial charge in [-0.3, -0.25) is 4.79 Å². The van der Waals surface area contributed by atoms with Gasteiger partial charge in [-0.25, -0.2) is 4.98 Å². The van der Waals surface area contributed by atoms with Gasteiger partial charge in [0.25, 0.3) is 0 Å². The molecule has 22 heavy (non-hydrogen) atoms. The molecular weight excluding hydrogens is 300 g/mol. The third-order valence-electron chi connectivity index (χ3n) is 2.97. The molecule has 0 radical (unpaired) electrons. The molecule has 5 nitrogen and oxygen atoms in total.